The molecule has 12 heavy (non-hydrogen) atoms. The molecular weight excluding hydrogens is 163 g/mol. The van der Waals surface area contributed by atoms with Crippen molar-refractivity contribution in [3.8, 4) is 0 Å². The molecule has 72 valence electrons. The predicted octanol–water partition coefficient (Wildman–Crippen LogP) is 3.71. The largest absolute Gasteiger partial charge is 0.134 e. The molecule has 4 unspecified atom stereocenters. The Hall–Kier alpha value is 0.430. The van der Waals surface area contributed by atoms with Crippen LogP contribution in [0, 0.1) is 17.3 Å². The summed E-state index contributed by atoms with van der Waals surface area (Å²) in [5.74, 6) is 1.87. The lowest BCUT2D eigenvalue weighted by atomic mass is 9.70. The highest BCUT2D eigenvalue weighted by molar-refractivity contribution is 7.17. The van der Waals surface area contributed by atoms with E-state index in [1.54, 1.807) is 0 Å². The fourth-order valence-electron chi connectivity index (χ4n) is 2.50. The first kappa shape index (κ1) is 10.5. The van der Waals surface area contributed by atoms with Gasteiger partial charge in [0.15, 0.2) is 0 Å². The first-order chi connectivity index (χ1) is 5.41. The molecule has 0 saturated heterocycles. The second-order valence-corrected chi connectivity index (χ2v) is 6.41. The van der Waals surface area contributed by atoms with Crippen LogP contribution in [0.3, 0.4) is 0 Å². The molecule has 0 aromatic heterocycles. The lowest BCUT2D eigenvalue weighted by Crippen LogP contribution is -2.33. The highest BCUT2D eigenvalue weighted by atomic mass is 31.0. The fourth-order valence-corrected chi connectivity index (χ4v) is 3.73. The van der Waals surface area contributed by atoms with Gasteiger partial charge in [-0.15, -0.1) is 9.24 Å². The third-order valence-corrected chi connectivity index (χ3v) is 4.01. The van der Waals surface area contributed by atoms with Crippen molar-refractivity contribution in [1.29, 1.82) is 0 Å². The Morgan fingerprint density at radius 1 is 1.17 bits per heavy atom. The van der Waals surface area contributed by atoms with Crippen LogP contribution in [-0.4, -0.2) is 5.66 Å². The Bertz CT molecular complexity index is 146. The maximum Gasteiger partial charge on any atom is -0.0228 e. The van der Waals surface area contributed by atoms with Crippen LogP contribution >= 0.6 is 9.24 Å². The first-order valence-corrected chi connectivity index (χ1v) is 5.83. The van der Waals surface area contributed by atoms with E-state index in [0.717, 1.165) is 17.5 Å². The molecule has 0 bridgehead atoms. The summed E-state index contributed by atoms with van der Waals surface area (Å²) >= 11 is 0. The third-order valence-electron chi connectivity index (χ3n) is 3.27. The van der Waals surface area contributed by atoms with Gasteiger partial charge in [0.1, 0.15) is 0 Å². The molecule has 1 heteroatoms. The molecule has 0 N–H and O–H groups in total. The van der Waals surface area contributed by atoms with E-state index in [9.17, 15) is 0 Å². The number of hydrogen-bond acceptors (Lipinski definition) is 0. The van der Waals surface area contributed by atoms with Crippen molar-refractivity contribution in [3.05, 3.63) is 0 Å². The minimum atomic E-state index is 0.507. The van der Waals surface area contributed by atoms with Gasteiger partial charge in [-0.05, 0) is 35.8 Å². The van der Waals surface area contributed by atoms with Gasteiger partial charge < -0.3 is 0 Å². The van der Waals surface area contributed by atoms with Crippen molar-refractivity contribution < 1.29 is 0 Å². The molecule has 0 aliphatic heterocycles. The highest BCUT2D eigenvalue weighted by Crippen LogP contribution is 2.43. The van der Waals surface area contributed by atoms with Crippen molar-refractivity contribution in [1.82, 2.24) is 0 Å². The van der Waals surface area contributed by atoms with Crippen molar-refractivity contribution >= 4 is 9.24 Å². The van der Waals surface area contributed by atoms with Crippen LogP contribution in [0.2, 0.25) is 0 Å². The SMILES string of the molecule is CC1CCC(C(C)(C)C)C(P)C1. The van der Waals surface area contributed by atoms with E-state index in [4.69, 9.17) is 0 Å². The Kier molecular flexibility index (Phi) is 3.21. The molecule has 1 aliphatic carbocycles. The van der Waals surface area contributed by atoms with Crippen LogP contribution in [0.1, 0.15) is 47.0 Å². The molecule has 1 saturated carbocycles. The summed E-state index contributed by atoms with van der Waals surface area (Å²) in [7, 11) is 3.06. The molecule has 0 spiro atoms. The van der Waals surface area contributed by atoms with E-state index in [0.29, 0.717) is 5.41 Å². The molecule has 0 aromatic rings. The summed E-state index contributed by atoms with van der Waals surface area (Å²) in [6.45, 7) is 9.52. The molecular formula is C11H23P. The van der Waals surface area contributed by atoms with Gasteiger partial charge >= 0.3 is 0 Å². The van der Waals surface area contributed by atoms with E-state index in [1.165, 1.54) is 19.3 Å². The summed E-state index contributed by atoms with van der Waals surface area (Å²) in [6.07, 6.45) is 4.28. The summed E-state index contributed by atoms with van der Waals surface area (Å²) in [6, 6.07) is 0. The number of rotatable bonds is 0. The minimum absolute atomic E-state index is 0.507. The maximum atomic E-state index is 3.06. The lowest BCUT2D eigenvalue weighted by molar-refractivity contribution is 0.163. The zero-order valence-corrected chi connectivity index (χ0v) is 10.1. The summed E-state index contributed by atoms with van der Waals surface area (Å²) in [5, 5.41) is 0. The average Bonchev–Trinajstić information content (AvgIpc) is 1.83. The zero-order chi connectivity index (χ0) is 9.35. The molecule has 0 nitrogen and oxygen atoms in total. The van der Waals surface area contributed by atoms with Gasteiger partial charge in [-0.3, -0.25) is 0 Å². The van der Waals surface area contributed by atoms with Crippen molar-refractivity contribution in [2.45, 2.75) is 52.6 Å². The predicted molar refractivity (Wildman–Crippen MR) is 59.5 cm³/mol. The van der Waals surface area contributed by atoms with Crippen LogP contribution in [0.25, 0.3) is 0 Å². The Morgan fingerprint density at radius 2 is 1.75 bits per heavy atom. The lowest BCUT2D eigenvalue weighted by Gasteiger charge is -2.40. The summed E-state index contributed by atoms with van der Waals surface area (Å²) in [5.41, 5.74) is 1.36. The summed E-state index contributed by atoms with van der Waals surface area (Å²) in [4.78, 5) is 0. The monoisotopic (exact) mass is 186 g/mol. The maximum absolute atomic E-state index is 3.06. The van der Waals surface area contributed by atoms with Crippen molar-refractivity contribution in [2.24, 2.45) is 17.3 Å². The van der Waals surface area contributed by atoms with E-state index in [-0.39, 0.29) is 0 Å². The van der Waals surface area contributed by atoms with Crippen LogP contribution < -0.4 is 0 Å². The summed E-state index contributed by atoms with van der Waals surface area (Å²) < 4.78 is 0. The van der Waals surface area contributed by atoms with Crippen LogP contribution in [0.15, 0.2) is 0 Å². The van der Waals surface area contributed by atoms with Gasteiger partial charge in [0.2, 0.25) is 0 Å². The van der Waals surface area contributed by atoms with Crippen LogP contribution in [0.5, 0.6) is 0 Å². The molecule has 0 amide bonds. The van der Waals surface area contributed by atoms with Gasteiger partial charge in [-0.2, -0.15) is 0 Å². The standard InChI is InChI=1S/C11H23P/c1-8-5-6-9(10(12)7-8)11(2,3)4/h8-10H,5-7,12H2,1-4H3. The highest BCUT2D eigenvalue weighted by Gasteiger charge is 2.33. The minimum Gasteiger partial charge on any atom is -0.134 e. The Morgan fingerprint density at radius 3 is 2.17 bits per heavy atom. The Labute approximate surface area is 79.7 Å². The van der Waals surface area contributed by atoms with Crippen LogP contribution in [0.4, 0.5) is 0 Å². The molecule has 4 atom stereocenters. The second-order valence-electron chi connectivity index (χ2n) is 5.55. The van der Waals surface area contributed by atoms with E-state index < -0.39 is 0 Å². The Balaban J connectivity index is 2.57. The second kappa shape index (κ2) is 3.66. The topological polar surface area (TPSA) is 0 Å². The molecule has 0 aromatic carbocycles. The molecule has 0 heterocycles. The van der Waals surface area contributed by atoms with E-state index in [2.05, 4.69) is 36.9 Å². The molecule has 1 rings (SSSR count). The smallest absolute Gasteiger partial charge is 0.0228 e. The average molecular weight is 186 g/mol. The van der Waals surface area contributed by atoms with Gasteiger partial charge in [-0.25, -0.2) is 0 Å². The van der Waals surface area contributed by atoms with Crippen LogP contribution in [-0.2, 0) is 0 Å². The fraction of sp³-hybridized carbons (Fsp3) is 1.00. The van der Waals surface area contributed by atoms with E-state index >= 15 is 0 Å². The van der Waals surface area contributed by atoms with Gasteiger partial charge in [0.25, 0.3) is 0 Å². The van der Waals surface area contributed by atoms with Crippen molar-refractivity contribution in [3.63, 3.8) is 0 Å². The van der Waals surface area contributed by atoms with Gasteiger partial charge in [-0.1, -0.05) is 34.1 Å². The van der Waals surface area contributed by atoms with Crippen molar-refractivity contribution in [2.75, 3.05) is 0 Å². The molecule has 1 aliphatic rings. The van der Waals surface area contributed by atoms with E-state index in [1.807, 2.05) is 0 Å². The molecule has 0 radical (unpaired) electrons. The first-order valence-electron chi connectivity index (χ1n) is 5.17. The quantitative estimate of drug-likeness (QED) is 0.506. The third kappa shape index (κ3) is 2.46. The normalized spacial score (nSPS) is 38.2. The van der Waals surface area contributed by atoms with Gasteiger partial charge in [0, 0.05) is 0 Å². The zero-order valence-electron chi connectivity index (χ0n) is 8.93. The molecule has 1 fully saturated rings. The number of hydrogen-bond donors (Lipinski definition) is 0. The van der Waals surface area contributed by atoms with Gasteiger partial charge in [0.05, 0.1) is 0 Å².